The van der Waals surface area contributed by atoms with Crippen molar-refractivity contribution in [2.75, 3.05) is 39.3 Å². The third kappa shape index (κ3) is 7.12. The number of hydrogen-bond acceptors (Lipinski definition) is 4. The number of aryl methyl sites for hydroxylation is 1. The zero-order chi connectivity index (χ0) is 23.6. The lowest BCUT2D eigenvalue weighted by Gasteiger charge is -2.40. The normalized spacial score (nSPS) is 15.7. The van der Waals surface area contributed by atoms with E-state index in [2.05, 4.69) is 40.2 Å². The quantitative estimate of drug-likeness (QED) is 0.534. The van der Waals surface area contributed by atoms with Gasteiger partial charge in [0.25, 0.3) is 5.91 Å². The fourth-order valence-electron chi connectivity index (χ4n) is 4.50. The van der Waals surface area contributed by atoms with Gasteiger partial charge in [-0.3, -0.25) is 14.6 Å². The van der Waals surface area contributed by atoms with Crippen molar-refractivity contribution in [3.8, 4) is 6.07 Å². The van der Waals surface area contributed by atoms with Gasteiger partial charge >= 0.3 is 0 Å². The molecule has 0 aromatic heterocycles. The van der Waals surface area contributed by atoms with E-state index in [1.807, 2.05) is 13.0 Å². The van der Waals surface area contributed by atoms with Crippen LogP contribution in [0, 0.1) is 24.1 Å². The summed E-state index contributed by atoms with van der Waals surface area (Å²) in [5, 5.41) is 12.2. The number of carbonyl (C=O) groups excluding carboxylic acids is 1. The Morgan fingerprint density at radius 1 is 1.12 bits per heavy atom. The zero-order valence-corrected chi connectivity index (χ0v) is 19.8. The molecule has 0 aliphatic carbocycles. The fraction of sp³-hybridized carbons (Fsp3) is 0.481. The van der Waals surface area contributed by atoms with Crippen molar-refractivity contribution in [3.05, 3.63) is 70.5 Å². The third-order valence-corrected chi connectivity index (χ3v) is 6.50. The van der Waals surface area contributed by atoms with Crippen molar-refractivity contribution in [2.24, 2.45) is 0 Å². The first-order chi connectivity index (χ1) is 16.0. The van der Waals surface area contributed by atoms with Crippen LogP contribution in [-0.4, -0.2) is 55.0 Å². The number of piperazine rings is 1. The molecule has 1 unspecified atom stereocenters. The van der Waals surface area contributed by atoms with Gasteiger partial charge in [-0.2, -0.15) is 5.26 Å². The molecule has 2 aromatic rings. The van der Waals surface area contributed by atoms with Crippen molar-refractivity contribution < 1.29 is 9.18 Å². The van der Waals surface area contributed by atoms with E-state index >= 15 is 0 Å². The SMILES string of the molecule is CCCCCC(c1ccc(C#N)c(C)c1)N1CCN(CCNC(=O)c2ccc(F)cc2)CC1. The minimum atomic E-state index is -0.339. The molecule has 0 spiro atoms. The maximum atomic E-state index is 13.0. The van der Waals surface area contributed by atoms with E-state index in [9.17, 15) is 14.4 Å². The molecule has 1 atom stereocenters. The van der Waals surface area contributed by atoms with Gasteiger partial charge in [0.05, 0.1) is 11.6 Å². The first-order valence-corrected chi connectivity index (χ1v) is 12.0. The molecule has 1 aliphatic rings. The van der Waals surface area contributed by atoms with Crippen LogP contribution in [0.2, 0.25) is 0 Å². The number of unbranched alkanes of at least 4 members (excludes halogenated alkanes) is 2. The minimum absolute atomic E-state index is 0.166. The average molecular weight is 451 g/mol. The summed E-state index contributed by atoms with van der Waals surface area (Å²) in [5.41, 5.74) is 3.58. The van der Waals surface area contributed by atoms with E-state index in [1.54, 1.807) is 0 Å². The maximum absolute atomic E-state index is 13.0. The van der Waals surface area contributed by atoms with Crippen molar-refractivity contribution in [3.63, 3.8) is 0 Å². The Morgan fingerprint density at radius 3 is 2.48 bits per heavy atom. The summed E-state index contributed by atoms with van der Waals surface area (Å²) in [6, 6.07) is 14.5. The number of amides is 1. The average Bonchev–Trinajstić information content (AvgIpc) is 2.83. The number of halogens is 1. The molecule has 176 valence electrons. The Labute approximate surface area is 197 Å². The third-order valence-electron chi connectivity index (χ3n) is 6.50. The van der Waals surface area contributed by atoms with Gasteiger partial charge in [-0.1, -0.05) is 38.3 Å². The highest BCUT2D eigenvalue weighted by Crippen LogP contribution is 2.29. The Morgan fingerprint density at radius 2 is 1.85 bits per heavy atom. The highest BCUT2D eigenvalue weighted by atomic mass is 19.1. The number of benzene rings is 2. The summed E-state index contributed by atoms with van der Waals surface area (Å²) in [7, 11) is 0. The van der Waals surface area contributed by atoms with Crippen LogP contribution in [0.4, 0.5) is 4.39 Å². The van der Waals surface area contributed by atoms with Crippen LogP contribution in [-0.2, 0) is 0 Å². The molecule has 3 rings (SSSR count). The predicted octanol–water partition coefficient (Wildman–Crippen LogP) is 4.67. The van der Waals surface area contributed by atoms with Gasteiger partial charge < -0.3 is 5.32 Å². The molecule has 1 amide bonds. The van der Waals surface area contributed by atoms with Crippen molar-refractivity contribution in [1.82, 2.24) is 15.1 Å². The number of carbonyl (C=O) groups is 1. The molecule has 1 aliphatic heterocycles. The number of nitrogens with zero attached hydrogens (tertiary/aromatic N) is 3. The minimum Gasteiger partial charge on any atom is -0.351 e. The molecule has 1 N–H and O–H groups in total. The topological polar surface area (TPSA) is 59.4 Å². The highest BCUT2D eigenvalue weighted by Gasteiger charge is 2.25. The smallest absolute Gasteiger partial charge is 0.251 e. The van der Waals surface area contributed by atoms with E-state index in [0.717, 1.165) is 50.3 Å². The second kappa shape index (κ2) is 12.5. The standard InChI is InChI=1S/C27H35FN4O/c1-3-4-5-6-26(23-7-8-24(20-29)21(2)19-23)32-17-15-31(16-18-32)14-13-30-27(33)22-9-11-25(28)12-10-22/h7-12,19,26H,3-6,13-18H2,1-2H3,(H,30,33). The van der Waals surface area contributed by atoms with Crippen molar-refractivity contribution >= 4 is 5.91 Å². The van der Waals surface area contributed by atoms with Crippen molar-refractivity contribution in [1.29, 1.82) is 5.26 Å². The molecule has 0 bridgehead atoms. The predicted molar refractivity (Wildman–Crippen MR) is 130 cm³/mol. The van der Waals surface area contributed by atoms with Gasteiger partial charge in [0.1, 0.15) is 5.82 Å². The zero-order valence-electron chi connectivity index (χ0n) is 19.8. The second-order valence-electron chi connectivity index (χ2n) is 8.84. The Hall–Kier alpha value is -2.75. The van der Waals surface area contributed by atoms with E-state index in [1.165, 1.54) is 49.1 Å². The second-order valence-corrected chi connectivity index (χ2v) is 8.84. The van der Waals surface area contributed by atoms with Gasteiger partial charge in [0, 0.05) is 50.9 Å². The van der Waals surface area contributed by atoms with Gasteiger partial charge in [0.2, 0.25) is 0 Å². The van der Waals surface area contributed by atoms with E-state index in [-0.39, 0.29) is 11.7 Å². The number of nitrogens with one attached hydrogen (secondary N) is 1. The summed E-state index contributed by atoms with van der Waals surface area (Å²) < 4.78 is 13.0. The molecule has 0 radical (unpaired) electrons. The summed E-state index contributed by atoms with van der Waals surface area (Å²) in [5.74, 6) is -0.505. The summed E-state index contributed by atoms with van der Waals surface area (Å²) in [4.78, 5) is 17.2. The number of hydrogen-bond donors (Lipinski definition) is 1. The summed E-state index contributed by atoms with van der Waals surface area (Å²) >= 11 is 0. The molecular weight excluding hydrogens is 415 g/mol. The van der Waals surface area contributed by atoms with Crippen LogP contribution >= 0.6 is 0 Å². The Kier molecular flexibility index (Phi) is 9.41. The van der Waals surface area contributed by atoms with Gasteiger partial charge in [-0.15, -0.1) is 0 Å². The molecule has 1 heterocycles. The molecule has 33 heavy (non-hydrogen) atoms. The Balaban J connectivity index is 1.51. The van der Waals surface area contributed by atoms with Crippen LogP contribution in [0.3, 0.4) is 0 Å². The molecule has 2 aromatic carbocycles. The summed E-state index contributed by atoms with van der Waals surface area (Å²) in [6.45, 7) is 9.53. The molecule has 5 nitrogen and oxygen atoms in total. The molecule has 1 saturated heterocycles. The molecule has 1 fully saturated rings. The van der Waals surface area contributed by atoms with Crippen LogP contribution < -0.4 is 5.32 Å². The maximum Gasteiger partial charge on any atom is 0.251 e. The first-order valence-electron chi connectivity index (χ1n) is 12.0. The van der Waals surface area contributed by atoms with Crippen LogP contribution in [0.1, 0.15) is 65.7 Å². The fourth-order valence-corrected chi connectivity index (χ4v) is 4.50. The Bertz CT molecular complexity index is 946. The van der Waals surface area contributed by atoms with E-state index < -0.39 is 0 Å². The lowest BCUT2D eigenvalue weighted by molar-refractivity contribution is 0.0862. The first kappa shape index (κ1) is 24.9. The van der Waals surface area contributed by atoms with Crippen LogP contribution in [0.15, 0.2) is 42.5 Å². The van der Waals surface area contributed by atoms with Gasteiger partial charge in [0.15, 0.2) is 0 Å². The lowest BCUT2D eigenvalue weighted by atomic mass is 9.95. The summed E-state index contributed by atoms with van der Waals surface area (Å²) in [6.07, 6.45) is 4.78. The highest BCUT2D eigenvalue weighted by molar-refractivity contribution is 5.94. The lowest BCUT2D eigenvalue weighted by Crippen LogP contribution is -2.49. The van der Waals surface area contributed by atoms with Crippen molar-refractivity contribution in [2.45, 2.75) is 45.6 Å². The van der Waals surface area contributed by atoms with Crippen LogP contribution in [0.5, 0.6) is 0 Å². The monoisotopic (exact) mass is 450 g/mol. The molecule has 6 heteroatoms. The largest absolute Gasteiger partial charge is 0.351 e. The van der Waals surface area contributed by atoms with E-state index in [0.29, 0.717) is 18.2 Å². The van der Waals surface area contributed by atoms with Gasteiger partial charge in [-0.25, -0.2) is 4.39 Å². The van der Waals surface area contributed by atoms with Gasteiger partial charge in [-0.05, 0) is 54.8 Å². The molecule has 0 saturated carbocycles. The number of nitriles is 1. The molecular formula is C27H35FN4O. The van der Waals surface area contributed by atoms with E-state index in [4.69, 9.17) is 0 Å². The van der Waals surface area contributed by atoms with Crippen LogP contribution in [0.25, 0.3) is 0 Å². The number of rotatable bonds is 10.